The second kappa shape index (κ2) is 10.7. The van der Waals surface area contributed by atoms with Crippen LogP contribution in [0.3, 0.4) is 0 Å². The fourth-order valence-electron chi connectivity index (χ4n) is 3.25. The molecule has 0 aliphatic carbocycles. The molecule has 8 nitrogen and oxygen atoms in total. The molecule has 2 N–H and O–H groups in total. The van der Waals surface area contributed by atoms with Gasteiger partial charge < -0.3 is 9.30 Å². The van der Waals surface area contributed by atoms with Crippen molar-refractivity contribution in [1.29, 1.82) is 0 Å². The number of carbonyl (C=O) groups is 1. The SMILES string of the molecule is COCCn1c(C)cc(/C=N/NC(=O)c2cccc(S(=O)(=O)Nc3ccc(Cl)cc3)c2)c1C. The minimum absolute atomic E-state index is 0.0456. The molecule has 1 heterocycles. The van der Waals surface area contributed by atoms with Crippen molar-refractivity contribution < 1.29 is 17.9 Å². The van der Waals surface area contributed by atoms with E-state index in [0.29, 0.717) is 17.3 Å². The molecule has 0 saturated heterocycles. The van der Waals surface area contributed by atoms with Gasteiger partial charge in [-0.3, -0.25) is 9.52 Å². The van der Waals surface area contributed by atoms with Crippen molar-refractivity contribution in [3.8, 4) is 0 Å². The van der Waals surface area contributed by atoms with Crippen LogP contribution in [-0.4, -0.2) is 38.8 Å². The molecule has 33 heavy (non-hydrogen) atoms. The Morgan fingerprint density at radius 1 is 1.15 bits per heavy atom. The smallest absolute Gasteiger partial charge is 0.271 e. The highest BCUT2D eigenvalue weighted by Gasteiger charge is 2.16. The fourth-order valence-corrected chi connectivity index (χ4v) is 4.48. The van der Waals surface area contributed by atoms with E-state index in [1.165, 1.54) is 24.3 Å². The summed E-state index contributed by atoms with van der Waals surface area (Å²) in [6.07, 6.45) is 1.56. The molecule has 0 aliphatic heterocycles. The number of rotatable bonds is 9. The molecule has 10 heteroatoms. The number of hydrogen-bond acceptors (Lipinski definition) is 5. The number of hydrogen-bond donors (Lipinski definition) is 2. The maximum Gasteiger partial charge on any atom is 0.271 e. The van der Waals surface area contributed by atoms with E-state index in [1.54, 1.807) is 37.6 Å². The number of methoxy groups -OCH3 is 1. The lowest BCUT2D eigenvalue weighted by Crippen LogP contribution is -2.19. The minimum Gasteiger partial charge on any atom is -0.383 e. The molecule has 0 fully saturated rings. The van der Waals surface area contributed by atoms with Crippen LogP contribution in [0.15, 0.2) is 64.6 Å². The third-order valence-electron chi connectivity index (χ3n) is 5.00. The minimum atomic E-state index is -3.89. The summed E-state index contributed by atoms with van der Waals surface area (Å²) in [5.74, 6) is -0.525. The topological polar surface area (TPSA) is 102 Å². The number of hydrazone groups is 1. The van der Waals surface area contributed by atoms with Gasteiger partial charge >= 0.3 is 0 Å². The van der Waals surface area contributed by atoms with Crippen molar-refractivity contribution in [2.24, 2.45) is 5.10 Å². The van der Waals surface area contributed by atoms with E-state index >= 15 is 0 Å². The number of benzene rings is 2. The summed E-state index contributed by atoms with van der Waals surface area (Å²) in [6.45, 7) is 5.27. The van der Waals surface area contributed by atoms with Crippen molar-refractivity contribution in [2.45, 2.75) is 25.3 Å². The van der Waals surface area contributed by atoms with E-state index in [-0.39, 0.29) is 10.5 Å². The zero-order valence-electron chi connectivity index (χ0n) is 18.5. The molecular formula is C23H25ClN4O4S. The monoisotopic (exact) mass is 488 g/mol. The Bertz CT molecular complexity index is 1270. The van der Waals surface area contributed by atoms with Crippen LogP contribution < -0.4 is 10.1 Å². The molecule has 174 valence electrons. The van der Waals surface area contributed by atoms with E-state index in [1.807, 2.05) is 19.9 Å². The number of sulfonamides is 1. The van der Waals surface area contributed by atoms with Crippen LogP contribution in [0.25, 0.3) is 0 Å². The zero-order valence-corrected chi connectivity index (χ0v) is 20.1. The van der Waals surface area contributed by atoms with Crippen molar-refractivity contribution in [2.75, 3.05) is 18.4 Å². The first-order valence-electron chi connectivity index (χ1n) is 10.1. The lowest BCUT2D eigenvalue weighted by molar-refractivity contribution is 0.0955. The summed E-state index contributed by atoms with van der Waals surface area (Å²) in [5.41, 5.74) is 5.90. The van der Waals surface area contributed by atoms with Crippen LogP contribution >= 0.6 is 11.6 Å². The second-order valence-corrected chi connectivity index (χ2v) is 9.43. The van der Waals surface area contributed by atoms with Gasteiger partial charge in [-0.1, -0.05) is 17.7 Å². The number of ether oxygens (including phenoxy) is 1. The first-order chi connectivity index (χ1) is 15.7. The maximum absolute atomic E-state index is 12.7. The van der Waals surface area contributed by atoms with Gasteiger partial charge in [0.15, 0.2) is 0 Å². The van der Waals surface area contributed by atoms with Crippen LogP contribution in [-0.2, 0) is 21.3 Å². The highest BCUT2D eigenvalue weighted by Crippen LogP contribution is 2.19. The van der Waals surface area contributed by atoms with E-state index in [2.05, 4.69) is 19.8 Å². The third kappa shape index (κ3) is 6.22. The standard InChI is InChI=1S/C23H25ClN4O4S/c1-16-13-19(17(2)28(16)11-12-32-3)15-25-26-23(29)18-5-4-6-22(14-18)33(30,31)27-21-9-7-20(24)8-10-21/h4-10,13-15,27H,11-12H2,1-3H3,(H,26,29)/b25-15+. The number of halogens is 1. The highest BCUT2D eigenvalue weighted by molar-refractivity contribution is 7.92. The quantitative estimate of drug-likeness (QED) is 0.351. The predicted octanol–water partition coefficient (Wildman–Crippen LogP) is 3.97. The summed E-state index contributed by atoms with van der Waals surface area (Å²) < 4.78 is 35.1. The molecule has 3 aromatic rings. The number of aromatic nitrogens is 1. The van der Waals surface area contributed by atoms with Gasteiger partial charge in [0, 0.05) is 46.9 Å². The normalized spacial score (nSPS) is 11.6. The molecule has 0 radical (unpaired) electrons. The molecule has 0 atom stereocenters. The molecule has 2 aromatic carbocycles. The molecule has 1 aromatic heterocycles. The van der Waals surface area contributed by atoms with Gasteiger partial charge in [0.2, 0.25) is 0 Å². The summed E-state index contributed by atoms with van der Waals surface area (Å²) in [4.78, 5) is 12.5. The van der Waals surface area contributed by atoms with Crippen molar-refractivity contribution in [1.82, 2.24) is 9.99 Å². The molecule has 0 saturated carbocycles. The number of nitrogens with zero attached hydrogens (tertiary/aromatic N) is 2. The zero-order chi connectivity index (χ0) is 24.0. The Morgan fingerprint density at radius 3 is 2.58 bits per heavy atom. The Balaban J connectivity index is 1.70. The fraction of sp³-hybridized carbons (Fsp3) is 0.217. The number of nitrogens with one attached hydrogen (secondary N) is 2. The summed E-state index contributed by atoms with van der Waals surface area (Å²) >= 11 is 5.83. The number of aryl methyl sites for hydroxylation is 1. The van der Waals surface area contributed by atoms with E-state index < -0.39 is 15.9 Å². The van der Waals surface area contributed by atoms with Crippen LogP contribution in [0.4, 0.5) is 5.69 Å². The lowest BCUT2D eigenvalue weighted by atomic mass is 10.2. The highest BCUT2D eigenvalue weighted by atomic mass is 35.5. The van der Waals surface area contributed by atoms with Crippen LogP contribution in [0.5, 0.6) is 0 Å². The Labute approximate surface area is 198 Å². The average Bonchev–Trinajstić information content (AvgIpc) is 3.06. The van der Waals surface area contributed by atoms with Crippen molar-refractivity contribution >= 4 is 39.4 Å². The Morgan fingerprint density at radius 2 is 1.88 bits per heavy atom. The first kappa shape index (κ1) is 24.5. The molecule has 0 bridgehead atoms. The van der Waals surface area contributed by atoms with Gasteiger partial charge in [-0.05, 0) is 62.4 Å². The summed E-state index contributed by atoms with van der Waals surface area (Å²) in [7, 11) is -2.23. The van der Waals surface area contributed by atoms with E-state index in [9.17, 15) is 13.2 Å². The average molecular weight is 489 g/mol. The van der Waals surface area contributed by atoms with Gasteiger partial charge in [-0.2, -0.15) is 5.10 Å². The van der Waals surface area contributed by atoms with Gasteiger partial charge in [-0.15, -0.1) is 0 Å². The van der Waals surface area contributed by atoms with Crippen LogP contribution in [0.1, 0.15) is 27.3 Å². The molecule has 1 amide bonds. The number of anilines is 1. The van der Waals surface area contributed by atoms with Gasteiger partial charge in [0.1, 0.15) is 0 Å². The Kier molecular flexibility index (Phi) is 7.91. The van der Waals surface area contributed by atoms with Gasteiger partial charge in [0.25, 0.3) is 15.9 Å². The van der Waals surface area contributed by atoms with Gasteiger partial charge in [0.05, 0.1) is 17.7 Å². The molecule has 0 aliphatic rings. The maximum atomic E-state index is 12.7. The Hall–Kier alpha value is -3.14. The molecular weight excluding hydrogens is 464 g/mol. The van der Waals surface area contributed by atoms with Crippen LogP contribution in [0.2, 0.25) is 5.02 Å². The van der Waals surface area contributed by atoms with E-state index in [0.717, 1.165) is 23.5 Å². The summed E-state index contributed by atoms with van der Waals surface area (Å²) in [6, 6.07) is 14.0. The van der Waals surface area contributed by atoms with E-state index in [4.69, 9.17) is 16.3 Å². The van der Waals surface area contributed by atoms with Crippen molar-refractivity contribution in [3.05, 3.63) is 82.1 Å². The molecule has 0 unspecified atom stereocenters. The number of carbonyl (C=O) groups excluding carboxylic acids is 1. The second-order valence-electron chi connectivity index (χ2n) is 7.31. The lowest BCUT2D eigenvalue weighted by Gasteiger charge is -2.09. The predicted molar refractivity (Wildman–Crippen MR) is 130 cm³/mol. The van der Waals surface area contributed by atoms with Crippen molar-refractivity contribution in [3.63, 3.8) is 0 Å². The first-order valence-corrected chi connectivity index (χ1v) is 11.9. The largest absolute Gasteiger partial charge is 0.383 e. The third-order valence-corrected chi connectivity index (χ3v) is 6.64. The molecule has 0 spiro atoms. The molecule has 3 rings (SSSR count). The number of amides is 1. The van der Waals surface area contributed by atoms with Crippen LogP contribution in [0, 0.1) is 13.8 Å². The summed E-state index contributed by atoms with van der Waals surface area (Å²) in [5, 5.41) is 4.53. The van der Waals surface area contributed by atoms with Gasteiger partial charge in [-0.25, -0.2) is 13.8 Å².